The van der Waals surface area contributed by atoms with E-state index in [1.54, 1.807) is 94.6 Å². The van der Waals surface area contributed by atoms with Gasteiger partial charge in [0.05, 0.1) is 12.8 Å². The Hall–Kier alpha value is -4.20. The van der Waals surface area contributed by atoms with E-state index in [2.05, 4.69) is 10.6 Å². The van der Waals surface area contributed by atoms with Crippen LogP contribution >= 0.6 is 0 Å². The molecule has 172 valence electrons. The molecule has 0 bridgehead atoms. The molecule has 0 radical (unpaired) electrons. The molecular formula is C25H27N3O5. The van der Waals surface area contributed by atoms with Crippen LogP contribution in [0.4, 0.5) is 21.9 Å². The highest BCUT2D eigenvalue weighted by Gasteiger charge is 2.16. The van der Waals surface area contributed by atoms with E-state index >= 15 is 0 Å². The second-order valence-corrected chi connectivity index (χ2v) is 8.19. The average molecular weight is 450 g/mol. The predicted octanol–water partition coefficient (Wildman–Crippen LogP) is 5.67. The number of nitrogens with two attached hydrogens (primary N) is 1. The molecule has 0 aliphatic carbocycles. The summed E-state index contributed by atoms with van der Waals surface area (Å²) in [7, 11) is 1.54. The highest BCUT2D eigenvalue weighted by atomic mass is 16.6. The molecule has 0 aliphatic rings. The minimum atomic E-state index is -0.579. The summed E-state index contributed by atoms with van der Waals surface area (Å²) in [6.07, 6.45) is -0.535. The van der Waals surface area contributed by atoms with Crippen LogP contribution in [0.15, 0.2) is 66.7 Å². The highest BCUT2D eigenvalue weighted by Crippen LogP contribution is 2.31. The lowest BCUT2D eigenvalue weighted by atomic mass is 10.2. The Balaban J connectivity index is 1.62. The summed E-state index contributed by atoms with van der Waals surface area (Å²) < 4.78 is 16.2. The number of benzene rings is 3. The maximum atomic E-state index is 12.5. The van der Waals surface area contributed by atoms with Crippen molar-refractivity contribution in [2.45, 2.75) is 26.4 Å². The van der Waals surface area contributed by atoms with Gasteiger partial charge in [-0.2, -0.15) is 0 Å². The fourth-order valence-corrected chi connectivity index (χ4v) is 2.84. The van der Waals surface area contributed by atoms with Crippen LogP contribution in [-0.2, 0) is 4.74 Å². The molecule has 0 atom stereocenters. The number of rotatable bonds is 6. The molecule has 0 heterocycles. The second-order valence-electron chi connectivity index (χ2n) is 8.19. The first-order valence-corrected chi connectivity index (χ1v) is 10.3. The monoisotopic (exact) mass is 449 g/mol. The fraction of sp³-hybridized carbons (Fsp3) is 0.200. The van der Waals surface area contributed by atoms with Crippen molar-refractivity contribution in [2.75, 3.05) is 23.5 Å². The smallest absolute Gasteiger partial charge is 0.412 e. The number of nitrogens with one attached hydrogen (secondary N) is 2. The predicted molar refractivity (Wildman–Crippen MR) is 128 cm³/mol. The molecule has 0 unspecified atom stereocenters. The fourth-order valence-electron chi connectivity index (χ4n) is 2.84. The molecule has 8 heteroatoms. The van der Waals surface area contributed by atoms with Crippen LogP contribution in [0.3, 0.4) is 0 Å². The number of hydrogen-bond acceptors (Lipinski definition) is 6. The SMILES string of the molecule is COc1cccc(C(=O)Nc2ccc(Oc3ccc(NC(=O)OC(C)(C)C)cc3)c(N)c2)c1. The third-order valence-electron chi connectivity index (χ3n) is 4.33. The van der Waals surface area contributed by atoms with Crippen LogP contribution in [0.1, 0.15) is 31.1 Å². The van der Waals surface area contributed by atoms with Crippen molar-refractivity contribution in [2.24, 2.45) is 0 Å². The molecule has 8 nitrogen and oxygen atoms in total. The molecule has 0 aliphatic heterocycles. The molecule has 0 aromatic heterocycles. The number of ether oxygens (including phenoxy) is 3. The Morgan fingerprint density at radius 2 is 1.55 bits per heavy atom. The van der Waals surface area contributed by atoms with Gasteiger partial charge in [0.2, 0.25) is 0 Å². The zero-order chi connectivity index (χ0) is 24.0. The Morgan fingerprint density at radius 1 is 0.848 bits per heavy atom. The van der Waals surface area contributed by atoms with E-state index in [0.717, 1.165) is 0 Å². The molecule has 0 saturated carbocycles. The first-order chi connectivity index (χ1) is 15.6. The van der Waals surface area contributed by atoms with Gasteiger partial charge < -0.3 is 25.3 Å². The number of carbonyl (C=O) groups is 2. The van der Waals surface area contributed by atoms with Crippen molar-refractivity contribution >= 4 is 29.1 Å². The molecule has 0 fully saturated rings. The first kappa shape index (κ1) is 23.5. The van der Waals surface area contributed by atoms with Crippen LogP contribution < -0.4 is 25.8 Å². The van der Waals surface area contributed by atoms with Gasteiger partial charge in [0, 0.05) is 16.9 Å². The lowest BCUT2D eigenvalue weighted by Crippen LogP contribution is -2.27. The van der Waals surface area contributed by atoms with E-state index in [1.807, 2.05) is 0 Å². The maximum absolute atomic E-state index is 12.5. The van der Waals surface area contributed by atoms with Gasteiger partial charge in [0.25, 0.3) is 5.91 Å². The van der Waals surface area contributed by atoms with Gasteiger partial charge in [0.1, 0.15) is 22.8 Å². The maximum Gasteiger partial charge on any atom is 0.412 e. The summed E-state index contributed by atoms with van der Waals surface area (Å²) in [5.41, 5.74) is 7.46. The van der Waals surface area contributed by atoms with Crippen molar-refractivity contribution in [3.8, 4) is 17.2 Å². The van der Waals surface area contributed by atoms with Gasteiger partial charge in [-0.3, -0.25) is 10.1 Å². The number of anilines is 3. The van der Waals surface area contributed by atoms with Crippen molar-refractivity contribution in [1.82, 2.24) is 0 Å². The zero-order valence-corrected chi connectivity index (χ0v) is 19.0. The van der Waals surface area contributed by atoms with Crippen LogP contribution in [0, 0.1) is 0 Å². The van der Waals surface area contributed by atoms with Gasteiger partial charge in [-0.15, -0.1) is 0 Å². The first-order valence-electron chi connectivity index (χ1n) is 10.3. The van der Waals surface area contributed by atoms with Gasteiger partial charge >= 0.3 is 6.09 Å². The Morgan fingerprint density at radius 3 is 2.18 bits per heavy atom. The minimum Gasteiger partial charge on any atom is -0.497 e. The number of methoxy groups -OCH3 is 1. The minimum absolute atomic E-state index is 0.282. The molecule has 3 aromatic carbocycles. The van der Waals surface area contributed by atoms with E-state index in [4.69, 9.17) is 19.9 Å². The van der Waals surface area contributed by atoms with E-state index in [1.165, 1.54) is 0 Å². The molecular weight excluding hydrogens is 422 g/mol. The van der Waals surface area contributed by atoms with Crippen LogP contribution in [-0.4, -0.2) is 24.7 Å². The van der Waals surface area contributed by atoms with Crippen LogP contribution in [0.25, 0.3) is 0 Å². The Labute approximate surface area is 192 Å². The molecule has 33 heavy (non-hydrogen) atoms. The molecule has 0 spiro atoms. The zero-order valence-electron chi connectivity index (χ0n) is 19.0. The van der Waals surface area contributed by atoms with Gasteiger partial charge in [0.15, 0.2) is 0 Å². The van der Waals surface area contributed by atoms with Crippen molar-refractivity contribution < 1.29 is 23.8 Å². The summed E-state index contributed by atoms with van der Waals surface area (Å²) in [6.45, 7) is 5.39. The van der Waals surface area contributed by atoms with Gasteiger partial charge in [-0.1, -0.05) is 6.07 Å². The Bertz CT molecular complexity index is 1140. The van der Waals surface area contributed by atoms with Crippen LogP contribution in [0.5, 0.6) is 17.2 Å². The average Bonchev–Trinajstić information content (AvgIpc) is 2.75. The quantitative estimate of drug-likeness (QED) is 0.418. The standard InChI is InChI=1S/C25H27N3O5/c1-25(2,3)33-24(30)28-17-8-11-19(12-9-17)32-22-13-10-18(15-21(22)26)27-23(29)16-6-5-7-20(14-16)31-4/h5-15H,26H2,1-4H3,(H,27,29)(H,28,30). The van der Waals surface area contributed by atoms with E-state index < -0.39 is 11.7 Å². The molecule has 4 N–H and O–H groups in total. The van der Waals surface area contributed by atoms with E-state index in [-0.39, 0.29) is 5.91 Å². The van der Waals surface area contributed by atoms with Gasteiger partial charge in [-0.05, 0) is 81.4 Å². The molecule has 3 aromatic rings. The summed E-state index contributed by atoms with van der Waals surface area (Å²) in [5.74, 6) is 1.28. The molecule has 2 amide bonds. The van der Waals surface area contributed by atoms with E-state index in [9.17, 15) is 9.59 Å². The van der Waals surface area contributed by atoms with Crippen molar-refractivity contribution in [3.63, 3.8) is 0 Å². The number of carbonyl (C=O) groups excluding carboxylic acids is 2. The summed E-state index contributed by atoms with van der Waals surface area (Å²) in [5, 5.41) is 5.46. The third-order valence-corrected chi connectivity index (χ3v) is 4.33. The Kier molecular flexibility index (Phi) is 7.07. The van der Waals surface area contributed by atoms with Gasteiger partial charge in [-0.25, -0.2) is 4.79 Å². The highest BCUT2D eigenvalue weighted by molar-refractivity contribution is 6.04. The number of amides is 2. The molecule has 0 saturated heterocycles. The van der Waals surface area contributed by atoms with Crippen molar-refractivity contribution in [3.05, 3.63) is 72.3 Å². The summed E-state index contributed by atoms with van der Waals surface area (Å²) in [6, 6.07) is 18.6. The number of hydrogen-bond donors (Lipinski definition) is 3. The summed E-state index contributed by atoms with van der Waals surface area (Å²) >= 11 is 0. The van der Waals surface area contributed by atoms with Crippen LogP contribution in [0.2, 0.25) is 0 Å². The second kappa shape index (κ2) is 9.95. The van der Waals surface area contributed by atoms with Crippen molar-refractivity contribution in [1.29, 1.82) is 0 Å². The lowest BCUT2D eigenvalue weighted by molar-refractivity contribution is 0.0635. The number of nitrogen functional groups attached to an aromatic ring is 1. The van der Waals surface area contributed by atoms with E-state index in [0.29, 0.717) is 39.9 Å². The summed E-state index contributed by atoms with van der Waals surface area (Å²) in [4.78, 5) is 24.3. The lowest BCUT2D eigenvalue weighted by Gasteiger charge is -2.19. The topological polar surface area (TPSA) is 112 Å². The third kappa shape index (κ3) is 6.90. The normalized spacial score (nSPS) is 10.8. The largest absolute Gasteiger partial charge is 0.497 e. The molecule has 3 rings (SSSR count).